The number of pyridine rings is 1. The van der Waals surface area contributed by atoms with Crippen LogP contribution < -0.4 is 10.6 Å². The number of rotatable bonds is 9. The number of nitrogens with zero attached hydrogens (tertiary/aromatic N) is 3. The third kappa shape index (κ3) is 6.62. The molecule has 13 heteroatoms. The van der Waals surface area contributed by atoms with Crippen LogP contribution in [0.15, 0.2) is 12.3 Å². The predicted molar refractivity (Wildman–Crippen MR) is 140 cm³/mol. The lowest BCUT2D eigenvalue weighted by atomic mass is 9.89. The molecule has 0 aliphatic heterocycles. The van der Waals surface area contributed by atoms with Crippen molar-refractivity contribution >= 4 is 33.2 Å². The maximum atomic E-state index is 13.0. The SMILES string of the molecule is CCn1nc(C(=O)NCC2CCC(S(C)(=O)=O)CC2)c(Cl)c1-c1cnc(NC2(CC(F)(F)F)CC2)cc1C. The van der Waals surface area contributed by atoms with E-state index in [2.05, 4.69) is 20.7 Å². The van der Waals surface area contributed by atoms with Crippen LogP contribution in [-0.2, 0) is 16.4 Å². The van der Waals surface area contributed by atoms with Crippen molar-refractivity contribution in [1.82, 2.24) is 20.1 Å². The molecule has 1 amide bonds. The van der Waals surface area contributed by atoms with Gasteiger partial charge in [0.2, 0.25) is 0 Å². The van der Waals surface area contributed by atoms with E-state index in [4.69, 9.17) is 11.6 Å². The summed E-state index contributed by atoms with van der Waals surface area (Å²) in [6, 6.07) is 1.68. The van der Waals surface area contributed by atoms with Crippen molar-refractivity contribution in [2.24, 2.45) is 5.92 Å². The van der Waals surface area contributed by atoms with Gasteiger partial charge in [0.25, 0.3) is 5.91 Å². The zero-order valence-corrected chi connectivity index (χ0v) is 23.2. The second-order valence-electron chi connectivity index (χ2n) is 10.6. The number of amides is 1. The van der Waals surface area contributed by atoms with Gasteiger partial charge in [0.05, 0.1) is 22.4 Å². The van der Waals surface area contributed by atoms with Crippen LogP contribution in [0.1, 0.15) is 67.9 Å². The average molecular weight is 576 g/mol. The van der Waals surface area contributed by atoms with Gasteiger partial charge in [-0.15, -0.1) is 0 Å². The molecule has 0 saturated heterocycles. The quantitative estimate of drug-likeness (QED) is 0.428. The molecule has 4 rings (SSSR count). The number of aromatic nitrogens is 3. The van der Waals surface area contributed by atoms with Gasteiger partial charge in [-0.1, -0.05) is 11.6 Å². The van der Waals surface area contributed by atoms with E-state index in [0.29, 0.717) is 55.8 Å². The molecule has 2 N–H and O–H groups in total. The molecule has 0 bridgehead atoms. The van der Waals surface area contributed by atoms with E-state index in [0.717, 1.165) is 18.4 Å². The lowest BCUT2D eigenvalue weighted by molar-refractivity contribution is -0.138. The Bertz CT molecular complexity index is 1300. The standard InChI is InChI=1S/C25H33ClF3N5O3S/c1-4-34-22(18-13-30-19(11-15(18)2)32-24(9-10-24)14-25(27,28)29)20(26)21(33-34)23(35)31-12-16-5-7-17(8-6-16)38(3,36)37/h11,13,16-17H,4-10,12,14H2,1-3H3,(H,30,32)(H,31,35). The van der Waals surface area contributed by atoms with Crippen LogP contribution in [0.4, 0.5) is 19.0 Å². The Balaban J connectivity index is 1.46. The lowest BCUT2D eigenvalue weighted by Gasteiger charge is -2.27. The molecule has 0 radical (unpaired) electrons. The van der Waals surface area contributed by atoms with Crippen molar-refractivity contribution in [3.63, 3.8) is 0 Å². The van der Waals surface area contributed by atoms with Crippen molar-refractivity contribution < 1.29 is 26.4 Å². The highest BCUT2D eigenvalue weighted by molar-refractivity contribution is 7.91. The zero-order valence-electron chi connectivity index (χ0n) is 21.7. The van der Waals surface area contributed by atoms with Crippen molar-refractivity contribution in [3.8, 4) is 11.3 Å². The average Bonchev–Trinajstić information content (AvgIpc) is 3.47. The van der Waals surface area contributed by atoms with Gasteiger partial charge in [0.15, 0.2) is 5.69 Å². The van der Waals surface area contributed by atoms with Crippen molar-refractivity contribution in [3.05, 3.63) is 28.5 Å². The number of nitrogens with one attached hydrogen (secondary N) is 2. The highest BCUT2D eigenvalue weighted by Crippen LogP contribution is 2.47. The largest absolute Gasteiger partial charge is 0.391 e. The first kappa shape index (κ1) is 28.7. The van der Waals surface area contributed by atoms with Crippen LogP contribution in [0, 0.1) is 12.8 Å². The minimum absolute atomic E-state index is 0.0806. The molecule has 8 nitrogen and oxygen atoms in total. The number of halogens is 4. The van der Waals surface area contributed by atoms with Crippen molar-refractivity contribution in [2.75, 3.05) is 18.1 Å². The zero-order chi connectivity index (χ0) is 27.9. The summed E-state index contributed by atoms with van der Waals surface area (Å²) < 4.78 is 64.0. The van der Waals surface area contributed by atoms with E-state index in [-0.39, 0.29) is 21.9 Å². The summed E-state index contributed by atoms with van der Waals surface area (Å²) in [5, 5.41) is 10.1. The Labute approximate surface area is 225 Å². The predicted octanol–water partition coefficient (Wildman–Crippen LogP) is 5.16. The fraction of sp³-hybridized carbons (Fsp3) is 0.640. The third-order valence-electron chi connectivity index (χ3n) is 7.51. The lowest BCUT2D eigenvalue weighted by Crippen LogP contribution is -2.34. The van der Waals surface area contributed by atoms with E-state index in [1.807, 2.05) is 6.92 Å². The molecule has 2 aliphatic carbocycles. The monoisotopic (exact) mass is 575 g/mol. The van der Waals surface area contributed by atoms with Gasteiger partial charge in [-0.2, -0.15) is 18.3 Å². The molecule has 2 aromatic heterocycles. The number of hydrogen-bond donors (Lipinski definition) is 2. The van der Waals surface area contributed by atoms with E-state index in [1.54, 1.807) is 17.7 Å². The van der Waals surface area contributed by atoms with Crippen LogP contribution in [0.5, 0.6) is 0 Å². The number of alkyl halides is 3. The minimum Gasteiger partial charge on any atom is -0.364 e. The van der Waals surface area contributed by atoms with E-state index in [9.17, 15) is 26.4 Å². The second kappa shape index (κ2) is 10.7. The summed E-state index contributed by atoms with van der Waals surface area (Å²) in [4.78, 5) is 17.3. The molecule has 2 aromatic rings. The first-order valence-electron chi connectivity index (χ1n) is 12.8. The van der Waals surface area contributed by atoms with Gasteiger partial charge in [0.1, 0.15) is 15.7 Å². The molecule has 2 fully saturated rings. The summed E-state index contributed by atoms with van der Waals surface area (Å²) in [7, 11) is -3.05. The molecule has 210 valence electrons. The molecular formula is C25H33ClF3N5O3S. The summed E-state index contributed by atoms with van der Waals surface area (Å²) in [6.45, 7) is 4.51. The van der Waals surface area contributed by atoms with Crippen LogP contribution in [0.3, 0.4) is 0 Å². The first-order chi connectivity index (χ1) is 17.7. The molecule has 0 aromatic carbocycles. The van der Waals surface area contributed by atoms with Gasteiger partial charge in [-0.25, -0.2) is 13.4 Å². The van der Waals surface area contributed by atoms with Crippen LogP contribution in [0.25, 0.3) is 11.3 Å². The van der Waals surface area contributed by atoms with Gasteiger partial charge >= 0.3 is 6.18 Å². The van der Waals surface area contributed by atoms with Crippen molar-refractivity contribution in [2.45, 2.75) is 82.3 Å². The number of sulfone groups is 1. The summed E-state index contributed by atoms with van der Waals surface area (Å²) in [5.41, 5.74) is 0.959. The molecule has 38 heavy (non-hydrogen) atoms. The molecular weight excluding hydrogens is 543 g/mol. The minimum atomic E-state index is -4.26. The van der Waals surface area contributed by atoms with Crippen LogP contribution in [0.2, 0.25) is 5.02 Å². The van der Waals surface area contributed by atoms with Gasteiger partial charge in [-0.3, -0.25) is 9.48 Å². The number of carbonyl (C=O) groups excluding carboxylic acids is 1. The Hall–Kier alpha value is -2.34. The van der Waals surface area contributed by atoms with E-state index in [1.165, 1.54) is 12.5 Å². The molecule has 2 aliphatic rings. The summed E-state index contributed by atoms with van der Waals surface area (Å²) in [6.07, 6.45) is 1.11. The Kier molecular flexibility index (Phi) is 8.05. The molecule has 0 spiro atoms. The fourth-order valence-electron chi connectivity index (χ4n) is 5.18. The summed E-state index contributed by atoms with van der Waals surface area (Å²) >= 11 is 6.65. The van der Waals surface area contributed by atoms with Gasteiger partial charge in [-0.05, 0) is 69.9 Å². The first-order valence-corrected chi connectivity index (χ1v) is 15.1. The number of aryl methyl sites for hydroxylation is 2. The number of anilines is 1. The maximum absolute atomic E-state index is 13.0. The third-order valence-corrected chi connectivity index (χ3v) is 9.55. The number of hydrogen-bond acceptors (Lipinski definition) is 6. The molecule has 2 saturated carbocycles. The highest BCUT2D eigenvalue weighted by Gasteiger charge is 2.51. The number of carbonyl (C=O) groups is 1. The smallest absolute Gasteiger partial charge is 0.364 e. The highest BCUT2D eigenvalue weighted by atomic mass is 35.5. The van der Waals surface area contributed by atoms with Gasteiger partial charge in [0, 0.05) is 36.6 Å². The molecule has 2 heterocycles. The Morgan fingerprint density at radius 2 is 1.89 bits per heavy atom. The van der Waals surface area contributed by atoms with Crippen LogP contribution >= 0.6 is 11.6 Å². The fourth-order valence-corrected chi connectivity index (χ4v) is 6.63. The maximum Gasteiger partial charge on any atom is 0.391 e. The Morgan fingerprint density at radius 3 is 2.42 bits per heavy atom. The molecule has 0 unspecified atom stereocenters. The van der Waals surface area contributed by atoms with Crippen LogP contribution in [-0.4, -0.2) is 58.9 Å². The Morgan fingerprint density at radius 1 is 1.24 bits per heavy atom. The normalized spacial score (nSPS) is 21.2. The van der Waals surface area contributed by atoms with E-state index >= 15 is 0 Å². The topological polar surface area (TPSA) is 106 Å². The van der Waals surface area contributed by atoms with Gasteiger partial charge < -0.3 is 10.6 Å². The van der Waals surface area contributed by atoms with E-state index < -0.39 is 33.9 Å². The summed E-state index contributed by atoms with van der Waals surface area (Å²) in [5.74, 6) is 0.123. The molecule has 0 atom stereocenters. The van der Waals surface area contributed by atoms with Crippen molar-refractivity contribution in [1.29, 1.82) is 0 Å². The second-order valence-corrected chi connectivity index (χ2v) is 13.3.